The lowest BCUT2D eigenvalue weighted by atomic mass is 10.2. The lowest BCUT2D eigenvalue weighted by Gasteiger charge is -2.08. The van der Waals surface area contributed by atoms with Crippen molar-refractivity contribution in [1.82, 2.24) is 0 Å². The summed E-state index contributed by atoms with van der Waals surface area (Å²) in [5.41, 5.74) is 1.77. The molecule has 0 radical (unpaired) electrons. The Morgan fingerprint density at radius 1 is 1.10 bits per heavy atom. The van der Waals surface area contributed by atoms with Crippen molar-refractivity contribution in [2.75, 3.05) is 17.2 Å². The van der Waals surface area contributed by atoms with Crippen LogP contribution in [-0.2, 0) is 4.79 Å². The van der Waals surface area contributed by atoms with Crippen LogP contribution in [0.3, 0.4) is 0 Å². The van der Waals surface area contributed by atoms with E-state index in [1.54, 1.807) is 42.5 Å². The summed E-state index contributed by atoms with van der Waals surface area (Å²) in [7, 11) is 0. The predicted molar refractivity (Wildman–Crippen MR) is 84.7 cm³/mol. The number of hydrogen-bond donors (Lipinski definition) is 2. The molecule has 0 aliphatic rings. The standard InChI is InChI=1S/C15H11Cl2N3O/c16-13-5-4-11(7-14(13)17)19-9-15(21)20-12-3-1-2-10(6-12)8-18/h1-7,19H,9H2,(H,20,21). The Morgan fingerprint density at radius 2 is 1.90 bits per heavy atom. The summed E-state index contributed by atoms with van der Waals surface area (Å²) in [5.74, 6) is -0.226. The number of anilines is 2. The second kappa shape index (κ2) is 6.98. The smallest absolute Gasteiger partial charge is 0.243 e. The van der Waals surface area contributed by atoms with Gasteiger partial charge in [-0.1, -0.05) is 29.3 Å². The van der Waals surface area contributed by atoms with E-state index in [2.05, 4.69) is 10.6 Å². The third kappa shape index (κ3) is 4.38. The van der Waals surface area contributed by atoms with Gasteiger partial charge in [0.1, 0.15) is 0 Å². The highest BCUT2D eigenvalue weighted by Gasteiger charge is 2.04. The molecule has 0 saturated heterocycles. The monoisotopic (exact) mass is 319 g/mol. The molecule has 0 spiro atoms. The van der Waals surface area contributed by atoms with E-state index >= 15 is 0 Å². The van der Waals surface area contributed by atoms with Gasteiger partial charge in [0.05, 0.1) is 28.2 Å². The fraction of sp³-hybridized carbons (Fsp3) is 0.0667. The molecule has 0 fully saturated rings. The average molecular weight is 320 g/mol. The number of nitrogens with zero attached hydrogens (tertiary/aromatic N) is 1. The highest BCUT2D eigenvalue weighted by atomic mass is 35.5. The van der Waals surface area contributed by atoms with Crippen molar-refractivity contribution in [3.63, 3.8) is 0 Å². The Kier molecular flexibility index (Phi) is 5.04. The number of carbonyl (C=O) groups excluding carboxylic acids is 1. The zero-order chi connectivity index (χ0) is 15.2. The molecular weight excluding hydrogens is 309 g/mol. The van der Waals surface area contributed by atoms with Crippen LogP contribution in [0.1, 0.15) is 5.56 Å². The van der Waals surface area contributed by atoms with Crippen LogP contribution in [-0.4, -0.2) is 12.5 Å². The van der Waals surface area contributed by atoms with E-state index in [1.807, 2.05) is 6.07 Å². The van der Waals surface area contributed by atoms with E-state index in [4.69, 9.17) is 28.5 Å². The first kappa shape index (κ1) is 15.2. The van der Waals surface area contributed by atoms with Crippen LogP contribution in [0.4, 0.5) is 11.4 Å². The minimum Gasteiger partial charge on any atom is -0.376 e. The summed E-state index contributed by atoms with van der Waals surface area (Å²) in [6, 6.07) is 13.8. The zero-order valence-electron chi connectivity index (χ0n) is 10.9. The summed E-state index contributed by atoms with van der Waals surface area (Å²) >= 11 is 11.7. The number of nitrogens with one attached hydrogen (secondary N) is 2. The lowest BCUT2D eigenvalue weighted by Crippen LogP contribution is -2.21. The first-order chi connectivity index (χ1) is 10.1. The van der Waals surface area contributed by atoms with Gasteiger partial charge in [0, 0.05) is 11.4 Å². The van der Waals surface area contributed by atoms with E-state index in [9.17, 15) is 4.79 Å². The van der Waals surface area contributed by atoms with Gasteiger partial charge in [-0.05, 0) is 36.4 Å². The van der Waals surface area contributed by atoms with Crippen LogP contribution in [0.25, 0.3) is 0 Å². The Morgan fingerprint density at radius 3 is 2.62 bits per heavy atom. The maximum absolute atomic E-state index is 11.8. The molecular formula is C15H11Cl2N3O. The van der Waals surface area contributed by atoms with Gasteiger partial charge >= 0.3 is 0 Å². The van der Waals surface area contributed by atoms with E-state index in [0.29, 0.717) is 27.0 Å². The molecule has 0 aliphatic heterocycles. The molecule has 0 aromatic heterocycles. The second-order valence-corrected chi connectivity index (χ2v) is 5.04. The highest BCUT2D eigenvalue weighted by Crippen LogP contribution is 2.24. The molecule has 0 unspecified atom stereocenters. The summed E-state index contributed by atoms with van der Waals surface area (Å²) in [6.07, 6.45) is 0. The third-order valence-electron chi connectivity index (χ3n) is 2.65. The molecule has 4 nitrogen and oxygen atoms in total. The van der Waals surface area contributed by atoms with E-state index in [0.717, 1.165) is 0 Å². The van der Waals surface area contributed by atoms with Crippen LogP contribution in [0.15, 0.2) is 42.5 Å². The van der Waals surface area contributed by atoms with Crippen molar-refractivity contribution in [2.45, 2.75) is 0 Å². The van der Waals surface area contributed by atoms with Crippen LogP contribution in [0.5, 0.6) is 0 Å². The third-order valence-corrected chi connectivity index (χ3v) is 3.39. The Balaban J connectivity index is 1.92. The fourth-order valence-corrected chi connectivity index (χ4v) is 1.96. The molecule has 0 aliphatic carbocycles. The topological polar surface area (TPSA) is 64.9 Å². The molecule has 0 saturated carbocycles. The van der Waals surface area contributed by atoms with Gasteiger partial charge in [0.2, 0.25) is 5.91 Å². The van der Waals surface area contributed by atoms with Gasteiger partial charge in [-0.3, -0.25) is 4.79 Å². The molecule has 2 N–H and O–H groups in total. The predicted octanol–water partition coefficient (Wildman–Crippen LogP) is 3.92. The van der Waals surface area contributed by atoms with Crippen LogP contribution >= 0.6 is 23.2 Å². The van der Waals surface area contributed by atoms with Crippen LogP contribution < -0.4 is 10.6 Å². The van der Waals surface area contributed by atoms with Gasteiger partial charge in [0.15, 0.2) is 0 Å². The fourth-order valence-electron chi connectivity index (χ4n) is 1.66. The number of benzene rings is 2. The minimum atomic E-state index is -0.226. The summed E-state index contributed by atoms with van der Waals surface area (Å²) in [5, 5.41) is 15.3. The molecule has 1 amide bonds. The normalized spacial score (nSPS) is 9.76. The van der Waals surface area contributed by atoms with E-state index < -0.39 is 0 Å². The number of hydrogen-bond acceptors (Lipinski definition) is 3. The molecule has 6 heteroatoms. The molecule has 2 aromatic rings. The maximum Gasteiger partial charge on any atom is 0.243 e. The van der Waals surface area contributed by atoms with Crippen molar-refractivity contribution in [2.24, 2.45) is 0 Å². The number of nitriles is 1. The van der Waals surface area contributed by atoms with Crippen molar-refractivity contribution in [1.29, 1.82) is 5.26 Å². The SMILES string of the molecule is N#Cc1cccc(NC(=O)CNc2ccc(Cl)c(Cl)c2)c1. The highest BCUT2D eigenvalue weighted by molar-refractivity contribution is 6.42. The second-order valence-electron chi connectivity index (χ2n) is 4.22. The number of halogens is 2. The van der Waals surface area contributed by atoms with Crippen molar-refractivity contribution < 1.29 is 4.79 Å². The van der Waals surface area contributed by atoms with Crippen LogP contribution in [0, 0.1) is 11.3 Å². The van der Waals surface area contributed by atoms with E-state index in [1.165, 1.54) is 0 Å². The van der Waals surface area contributed by atoms with Gasteiger partial charge in [-0.25, -0.2) is 0 Å². The zero-order valence-corrected chi connectivity index (χ0v) is 12.4. The largest absolute Gasteiger partial charge is 0.376 e. The molecule has 0 heterocycles. The van der Waals surface area contributed by atoms with Gasteiger partial charge in [-0.2, -0.15) is 5.26 Å². The Hall–Kier alpha value is -2.22. The van der Waals surface area contributed by atoms with Crippen molar-refractivity contribution in [3.8, 4) is 6.07 Å². The first-order valence-corrected chi connectivity index (χ1v) is 6.83. The Labute approximate surface area is 132 Å². The van der Waals surface area contributed by atoms with Gasteiger partial charge < -0.3 is 10.6 Å². The lowest BCUT2D eigenvalue weighted by molar-refractivity contribution is -0.114. The molecule has 21 heavy (non-hydrogen) atoms. The molecule has 0 atom stereocenters. The minimum absolute atomic E-state index is 0.0781. The molecule has 2 rings (SSSR count). The van der Waals surface area contributed by atoms with Gasteiger partial charge in [0.25, 0.3) is 0 Å². The van der Waals surface area contributed by atoms with Crippen LogP contribution in [0.2, 0.25) is 10.0 Å². The number of carbonyl (C=O) groups is 1. The summed E-state index contributed by atoms with van der Waals surface area (Å²) < 4.78 is 0. The summed E-state index contributed by atoms with van der Waals surface area (Å²) in [4.78, 5) is 11.8. The maximum atomic E-state index is 11.8. The first-order valence-electron chi connectivity index (χ1n) is 6.07. The van der Waals surface area contributed by atoms with Crippen molar-refractivity contribution in [3.05, 3.63) is 58.1 Å². The number of rotatable bonds is 4. The van der Waals surface area contributed by atoms with Crippen molar-refractivity contribution >= 4 is 40.5 Å². The quantitative estimate of drug-likeness (QED) is 0.897. The van der Waals surface area contributed by atoms with Gasteiger partial charge in [-0.15, -0.1) is 0 Å². The molecule has 2 aromatic carbocycles. The van der Waals surface area contributed by atoms with E-state index in [-0.39, 0.29) is 12.5 Å². The number of amides is 1. The average Bonchev–Trinajstić information content (AvgIpc) is 2.48. The summed E-state index contributed by atoms with van der Waals surface area (Å²) in [6.45, 7) is 0.0781. The Bertz CT molecular complexity index is 710. The molecule has 106 valence electrons. The molecule has 0 bridgehead atoms.